The van der Waals surface area contributed by atoms with E-state index < -0.39 is 0 Å². The van der Waals surface area contributed by atoms with Crippen LogP contribution in [0.15, 0.2) is 140 Å². The molecule has 4 aromatic carbocycles. The second kappa shape index (κ2) is 14.0. The molecule has 2 nitrogen and oxygen atoms in total. The monoisotopic (exact) mass is 724 g/mol. The van der Waals surface area contributed by atoms with Crippen molar-refractivity contribution >= 4 is 40.4 Å². The lowest BCUT2D eigenvalue weighted by Crippen LogP contribution is -2.11. The van der Waals surface area contributed by atoms with Crippen LogP contribution in [0.3, 0.4) is 0 Å². The Bertz CT molecular complexity index is 2700. The van der Waals surface area contributed by atoms with Gasteiger partial charge in [-0.15, -0.1) is 0 Å². The van der Waals surface area contributed by atoms with Crippen molar-refractivity contribution in [1.29, 1.82) is 0 Å². The SMILES string of the molecule is C1=Cc2c(c3cc(-c4cccc(C5=Cc6c7c(n(C8=CCC(c9ccccc9)C=C8)c6CC5)CCC=C7)c4)ccc3n2-c2cccc(C3CC=CCC3)c2)CC1. The minimum Gasteiger partial charge on any atom is -0.317 e. The molecule has 11 rings (SSSR count). The van der Waals surface area contributed by atoms with Gasteiger partial charge in [0.1, 0.15) is 0 Å². The van der Waals surface area contributed by atoms with Gasteiger partial charge in [-0.1, -0.05) is 109 Å². The maximum Gasteiger partial charge on any atom is 0.0538 e. The molecule has 0 amide bonds. The van der Waals surface area contributed by atoms with Gasteiger partial charge in [-0.3, -0.25) is 0 Å². The first-order chi connectivity index (χ1) is 27.8. The highest BCUT2D eigenvalue weighted by Gasteiger charge is 2.27. The highest BCUT2D eigenvalue weighted by Crippen LogP contribution is 2.43. The maximum atomic E-state index is 2.62. The van der Waals surface area contributed by atoms with E-state index in [0.717, 1.165) is 51.4 Å². The van der Waals surface area contributed by atoms with E-state index in [1.807, 2.05) is 0 Å². The molecule has 2 unspecified atom stereocenters. The second-order valence-corrected chi connectivity index (χ2v) is 16.4. The third-order valence-corrected chi connectivity index (χ3v) is 13.2. The van der Waals surface area contributed by atoms with E-state index in [4.69, 9.17) is 0 Å². The Labute approximate surface area is 331 Å². The number of allylic oxidation sites excluding steroid dienone is 9. The van der Waals surface area contributed by atoms with Crippen molar-refractivity contribution in [3.8, 4) is 16.8 Å². The minimum absolute atomic E-state index is 0.449. The number of rotatable bonds is 6. The molecular formula is C54H48N2. The van der Waals surface area contributed by atoms with Crippen LogP contribution in [0, 0.1) is 0 Å². The lowest BCUT2D eigenvalue weighted by Gasteiger charge is -2.22. The number of aryl methyl sites for hydroxylation is 1. The Morgan fingerprint density at radius 3 is 2.29 bits per heavy atom. The number of aromatic nitrogens is 2. The zero-order valence-electron chi connectivity index (χ0n) is 32.1. The van der Waals surface area contributed by atoms with Gasteiger partial charge in [-0.2, -0.15) is 0 Å². The van der Waals surface area contributed by atoms with Crippen molar-refractivity contribution in [2.45, 2.75) is 76.0 Å². The second-order valence-electron chi connectivity index (χ2n) is 16.4. The predicted octanol–water partition coefficient (Wildman–Crippen LogP) is 13.9. The molecule has 5 aliphatic rings. The van der Waals surface area contributed by atoms with Gasteiger partial charge in [-0.05, 0) is 158 Å². The summed E-state index contributed by atoms with van der Waals surface area (Å²) in [5, 5.41) is 1.39. The summed E-state index contributed by atoms with van der Waals surface area (Å²) in [6, 6.07) is 36.8. The van der Waals surface area contributed by atoms with Crippen LogP contribution in [-0.4, -0.2) is 9.13 Å². The molecule has 0 bridgehead atoms. The van der Waals surface area contributed by atoms with Crippen LogP contribution in [-0.2, 0) is 19.3 Å². The van der Waals surface area contributed by atoms with Gasteiger partial charge in [0.25, 0.3) is 0 Å². The van der Waals surface area contributed by atoms with E-state index in [2.05, 4.69) is 167 Å². The molecular weight excluding hydrogens is 677 g/mol. The van der Waals surface area contributed by atoms with E-state index >= 15 is 0 Å². The fourth-order valence-corrected chi connectivity index (χ4v) is 10.3. The standard InChI is InChI=1S/C54H48N2/c1-3-13-37(14-4-1)39-25-29-45(30-26-39)55-51-23-9-7-21-47(51)49-35-43(27-31-53(49)55)40-17-11-18-41(33-40)44-28-32-54-50(36-44)48-22-8-10-24-52(48)56(54)46-20-12-19-42(34-46)38-15-5-2-6-16-38/h1-5,7,10-14,17-21,24-25,28-30,32-36,38-39H,6,8-9,15-16,22-23,26-27,31H2. The van der Waals surface area contributed by atoms with Crippen molar-refractivity contribution in [3.63, 3.8) is 0 Å². The van der Waals surface area contributed by atoms with Gasteiger partial charge < -0.3 is 9.13 Å². The quantitative estimate of drug-likeness (QED) is 0.151. The number of nitrogens with zero attached hydrogens (tertiary/aromatic N) is 2. The Morgan fingerprint density at radius 1 is 0.554 bits per heavy atom. The average Bonchev–Trinajstić information content (AvgIpc) is 3.79. The lowest BCUT2D eigenvalue weighted by atomic mass is 9.87. The summed E-state index contributed by atoms with van der Waals surface area (Å²) < 4.78 is 5.14. The molecule has 5 aliphatic carbocycles. The van der Waals surface area contributed by atoms with Crippen LogP contribution in [0.25, 0.3) is 57.2 Å². The first-order valence-corrected chi connectivity index (χ1v) is 21.0. The van der Waals surface area contributed by atoms with E-state index in [1.54, 1.807) is 0 Å². The van der Waals surface area contributed by atoms with Gasteiger partial charge in [-0.25, -0.2) is 0 Å². The van der Waals surface area contributed by atoms with Gasteiger partial charge in [0.05, 0.1) is 5.52 Å². The minimum atomic E-state index is 0.449. The van der Waals surface area contributed by atoms with Crippen molar-refractivity contribution in [1.82, 2.24) is 9.13 Å². The molecule has 0 spiro atoms. The van der Waals surface area contributed by atoms with Crippen molar-refractivity contribution < 1.29 is 0 Å². The molecule has 0 saturated carbocycles. The van der Waals surface area contributed by atoms with Gasteiger partial charge in [0.15, 0.2) is 0 Å². The smallest absolute Gasteiger partial charge is 0.0538 e. The molecule has 2 atom stereocenters. The summed E-state index contributed by atoms with van der Waals surface area (Å²) in [5.74, 6) is 1.06. The molecule has 0 N–H and O–H groups in total. The molecule has 0 saturated heterocycles. The summed E-state index contributed by atoms with van der Waals surface area (Å²) in [6.07, 6.45) is 35.1. The van der Waals surface area contributed by atoms with Gasteiger partial charge in [0, 0.05) is 50.9 Å². The summed E-state index contributed by atoms with van der Waals surface area (Å²) in [7, 11) is 0. The van der Waals surface area contributed by atoms with Crippen LogP contribution in [0.1, 0.15) is 107 Å². The molecule has 2 heteroatoms. The third-order valence-electron chi connectivity index (χ3n) is 13.2. The largest absolute Gasteiger partial charge is 0.317 e. The Kier molecular flexibility index (Phi) is 8.38. The van der Waals surface area contributed by atoms with Crippen molar-refractivity contribution in [2.75, 3.05) is 0 Å². The molecule has 2 heterocycles. The molecule has 0 fully saturated rings. The van der Waals surface area contributed by atoms with E-state index in [1.165, 1.54) is 102 Å². The number of hydrogen-bond donors (Lipinski definition) is 0. The topological polar surface area (TPSA) is 9.86 Å². The molecule has 0 aliphatic heterocycles. The highest BCUT2D eigenvalue weighted by molar-refractivity contribution is 5.95. The normalized spacial score (nSPS) is 19.7. The first kappa shape index (κ1) is 33.5. The predicted molar refractivity (Wildman–Crippen MR) is 237 cm³/mol. The lowest BCUT2D eigenvalue weighted by molar-refractivity contribution is 0.617. The zero-order valence-corrected chi connectivity index (χ0v) is 32.1. The number of hydrogen-bond acceptors (Lipinski definition) is 0. The van der Waals surface area contributed by atoms with E-state index in [0.29, 0.717) is 11.8 Å². The fourth-order valence-electron chi connectivity index (χ4n) is 10.3. The Hall–Kier alpha value is -5.86. The summed E-state index contributed by atoms with van der Waals surface area (Å²) in [6.45, 7) is 0. The van der Waals surface area contributed by atoms with Gasteiger partial charge >= 0.3 is 0 Å². The molecule has 2 aromatic heterocycles. The molecule has 0 radical (unpaired) electrons. The van der Waals surface area contributed by atoms with Crippen LogP contribution in [0.2, 0.25) is 0 Å². The van der Waals surface area contributed by atoms with Crippen LogP contribution in [0.4, 0.5) is 0 Å². The Morgan fingerprint density at radius 2 is 1.39 bits per heavy atom. The highest BCUT2D eigenvalue weighted by atomic mass is 15.0. The zero-order chi connectivity index (χ0) is 37.0. The van der Waals surface area contributed by atoms with E-state index in [-0.39, 0.29) is 0 Å². The number of benzene rings is 4. The van der Waals surface area contributed by atoms with Crippen LogP contribution in [0.5, 0.6) is 0 Å². The van der Waals surface area contributed by atoms with Crippen molar-refractivity contribution in [3.05, 3.63) is 190 Å². The molecule has 56 heavy (non-hydrogen) atoms. The van der Waals surface area contributed by atoms with E-state index in [9.17, 15) is 0 Å². The first-order valence-electron chi connectivity index (χ1n) is 21.0. The summed E-state index contributed by atoms with van der Waals surface area (Å²) in [4.78, 5) is 0. The third kappa shape index (κ3) is 5.77. The Balaban J connectivity index is 0.934. The molecule has 274 valence electrons. The average molecular weight is 725 g/mol. The molecule has 6 aromatic rings. The van der Waals surface area contributed by atoms with Gasteiger partial charge in [0.2, 0.25) is 0 Å². The maximum absolute atomic E-state index is 2.62. The summed E-state index contributed by atoms with van der Waals surface area (Å²) in [5.41, 5.74) is 20.8. The summed E-state index contributed by atoms with van der Waals surface area (Å²) >= 11 is 0. The van der Waals surface area contributed by atoms with Crippen LogP contribution >= 0.6 is 0 Å². The number of fused-ring (bicyclic) bond motifs is 6. The fraction of sp³-hybridized carbons (Fsp3) is 0.222. The van der Waals surface area contributed by atoms with Crippen LogP contribution < -0.4 is 0 Å². The van der Waals surface area contributed by atoms with Crippen molar-refractivity contribution in [2.24, 2.45) is 0 Å².